The topological polar surface area (TPSA) is 81.4 Å². The van der Waals surface area contributed by atoms with Crippen LogP contribution in [-0.2, 0) is 9.53 Å². The molecule has 0 fully saturated rings. The van der Waals surface area contributed by atoms with Gasteiger partial charge in [-0.2, -0.15) is 0 Å². The highest BCUT2D eigenvalue weighted by Crippen LogP contribution is 1.92. The van der Waals surface area contributed by atoms with Crippen LogP contribution in [0.3, 0.4) is 0 Å². The molecule has 0 unspecified atom stereocenters. The molecule has 0 rings (SSSR count). The Morgan fingerprint density at radius 1 is 1.38 bits per heavy atom. The van der Waals surface area contributed by atoms with Gasteiger partial charge in [0.1, 0.15) is 0 Å². The zero-order valence-electron chi connectivity index (χ0n) is 7.22. The number of unbranched alkanes of at least 4 members (excludes halogenated alkanes) is 1. The molecular weight excluding hydrogens is 196 g/mol. The quantitative estimate of drug-likeness (QED) is 0.484. The number of carbonyl (C=O) groups is 2. The highest BCUT2D eigenvalue weighted by atomic mass is 35.5. The third kappa shape index (κ3) is 8.94. The Bertz CT molecular complexity index is 175. The van der Waals surface area contributed by atoms with Crippen molar-refractivity contribution in [1.29, 1.82) is 0 Å². The number of nitrogens with two attached hydrogens (primary N) is 1. The normalized spacial score (nSPS) is 9.31. The van der Waals surface area contributed by atoms with Gasteiger partial charge in [0.25, 0.3) is 0 Å². The van der Waals surface area contributed by atoms with Gasteiger partial charge in [-0.3, -0.25) is 4.79 Å². The van der Waals surface area contributed by atoms with E-state index in [1.54, 1.807) is 0 Å². The summed E-state index contributed by atoms with van der Waals surface area (Å²) in [7, 11) is 0. The fraction of sp³-hybridized carbons (Fsp3) is 0.714. The van der Waals surface area contributed by atoms with Crippen LogP contribution in [0.15, 0.2) is 0 Å². The summed E-state index contributed by atoms with van der Waals surface area (Å²) >= 11 is 5.40. The fourth-order valence-electron chi connectivity index (χ4n) is 0.572. The molecule has 0 bridgehead atoms. The average molecular weight is 209 g/mol. The molecule has 0 aliphatic heterocycles. The Labute approximate surface area is 81.6 Å². The molecule has 0 spiro atoms. The van der Waals surface area contributed by atoms with Gasteiger partial charge in [-0.05, 0) is 12.8 Å². The van der Waals surface area contributed by atoms with Crippen molar-refractivity contribution < 1.29 is 14.3 Å². The van der Waals surface area contributed by atoms with E-state index in [4.69, 9.17) is 17.3 Å². The maximum absolute atomic E-state index is 10.7. The van der Waals surface area contributed by atoms with Gasteiger partial charge in [-0.15, -0.1) is 11.6 Å². The zero-order valence-corrected chi connectivity index (χ0v) is 7.97. The number of ether oxygens (including phenoxy) is 1. The third-order valence-corrected chi connectivity index (χ3v) is 1.44. The van der Waals surface area contributed by atoms with E-state index in [0.717, 1.165) is 6.42 Å². The summed E-state index contributed by atoms with van der Waals surface area (Å²) in [6.45, 7) is 0.103. The highest BCUT2D eigenvalue weighted by Gasteiger charge is 2.01. The van der Waals surface area contributed by atoms with Crippen LogP contribution in [0.2, 0.25) is 0 Å². The van der Waals surface area contributed by atoms with Crippen molar-refractivity contribution in [3.05, 3.63) is 0 Å². The van der Waals surface area contributed by atoms with E-state index in [0.29, 0.717) is 18.9 Å². The van der Waals surface area contributed by atoms with Crippen LogP contribution in [0.25, 0.3) is 0 Å². The summed E-state index contributed by atoms with van der Waals surface area (Å²) < 4.78 is 4.68. The smallest absolute Gasteiger partial charge is 0.407 e. The minimum Gasteiger partial charge on any atom is -0.450 e. The summed E-state index contributed by atoms with van der Waals surface area (Å²) in [6, 6.07) is 0. The first kappa shape index (κ1) is 12.0. The van der Waals surface area contributed by atoms with E-state index in [1.807, 2.05) is 0 Å². The van der Waals surface area contributed by atoms with Gasteiger partial charge in [-0.25, -0.2) is 4.79 Å². The third-order valence-electron chi connectivity index (χ3n) is 1.17. The summed E-state index contributed by atoms with van der Waals surface area (Å²) in [4.78, 5) is 21.0. The number of hydrogen-bond donors (Lipinski definition) is 2. The largest absolute Gasteiger partial charge is 0.450 e. The molecular formula is C7H13ClN2O3. The summed E-state index contributed by atoms with van der Waals surface area (Å²) in [6.07, 6.45) is 0.881. The Kier molecular flexibility index (Phi) is 7.10. The lowest BCUT2D eigenvalue weighted by atomic mass is 10.4. The van der Waals surface area contributed by atoms with Crippen molar-refractivity contribution in [1.82, 2.24) is 5.32 Å². The van der Waals surface area contributed by atoms with Crippen LogP contribution in [-0.4, -0.2) is 31.0 Å². The molecule has 5 nitrogen and oxygen atoms in total. The molecule has 0 heterocycles. The number of alkyl halides is 1. The van der Waals surface area contributed by atoms with Crippen molar-refractivity contribution in [3.63, 3.8) is 0 Å². The van der Waals surface area contributed by atoms with Gasteiger partial charge in [0.05, 0.1) is 13.2 Å². The average Bonchev–Trinajstić information content (AvgIpc) is 2.09. The van der Waals surface area contributed by atoms with Gasteiger partial charge >= 0.3 is 6.09 Å². The molecule has 0 radical (unpaired) electrons. The lowest BCUT2D eigenvalue weighted by molar-refractivity contribution is -0.117. The van der Waals surface area contributed by atoms with E-state index in [1.165, 1.54) is 0 Å². The van der Waals surface area contributed by atoms with Crippen LogP contribution < -0.4 is 11.1 Å². The van der Waals surface area contributed by atoms with Crippen LogP contribution in [0.1, 0.15) is 12.8 Å². The second kappa shape index (κ2) is 7.67. The van der Waals surface area contributed by atoms with Crippen LogP contribution in [0, 0.1) is 0 Å². The lowest BCUT2D eigenvalue weighted by Gasteiger charge is -2.04. The van der Waals surface area contributed by atoms with Crippen molar-refractivity contribution in [3.8, 4) is 0 Å². The van der Waals surface area contributed by atoms with Crippen molar-refractivity contribution in [2.24, 2.45) is 5.73 Å². The Morgan fingerprint density at radius 3 is 2.62 bits per heavy atom. The number of alkyl carbamates (subject to hydrolysis) is 1. The number of halogens is 1. The highest BCUT2D eigenvalue weighted by molar-refractivity contribution is 6.17. The predicted molar refractivity (Wildman–Crippen MR) is 48.5 cm³/mol. The van der Waals surface area contributed by atoms with E-state index < -0.39 is 12.0 Å². The monoisotopic (exact) mass is 208 g/mol. The van der Waals surface area contributed by atoms with Crippen LogP contribution >= 0.6 is 11.6 Å². The summed E-state index contributed by atoms with van der Waals surface area (Å²) in [5.41, 5.74) is 4.79. The number of nitrogens with one attached hydrogen (secondary N) is 1. The second-order valence-corrected chi connectivity index (χ2v) is 2.73. The van der Waals surface area contributed by atoms with Gasteiger partial charge in [0.15, 0.2) is 0 Å². The van der Waals surface area contributed by atoms with E-state index in [2.05, 4.69) is 10.1 Å². The first-order valence-electron chi connectivity index (χ1n) is 3.91. The molecule has 6 heteroatoms. The maximum atomic E-state index is 10.7. The molecule has 0 aliphatic carbocycles. The van der Waals surface area contributed by atoms with E-state index >= 15 is 0 Å². The Morgan fingerprint density at radius 2 is 2.08 bits per heavy atom. The van der Waals surface area contributed by atoms with E-state index in [9.17, 15) is 9.59 Å². The molecule has 0 aromatic rings. The number of amides is 2. The van der Waals surface area contributed by atoms with Gasteiger partial charge < -0.3 is 15.8 Å². The van der Waals surface area contributed by atoms with Gasteiger partial charge in [0, 0.05) is 5.88 Å². The molecule has 0 saturated heterocycles. The maximum Gasteiger partial charge on any atom is 0.407 e. The fourth-order valence-corrected chi connectivity index (χ4v) is 0.761. The molecule has 0 aromatic heterocycles. The summed E-state index contributed by atoms with van der Waals surface area (Å²) in [5, 5.41) is 2.19. The van der Waals surface area contributed by atoms with Crippen molar-refractivity contribution in [2.45, 2.75) is 12.8 Å². The minimum atomic E-state index is -0.631. The molecule has 0 aromatic carbocycles. The zero-order chi connectivity index (χ0) is 10.1. The Balaban J connectivity index is 3.25. The molecule has 0 atom stereocenters. The first-order chi connectivity index (χ1) is 6.16. The number of rotatable bonds is 6. The predicted octanol–water partition coefficient (Wildman–Crippen LogP) is 0.217. The second-order valence-electron chi connectivity index (χ2n) is 2.35. The standard InChI is InChI=1S/C7H13ClN2O3/c8-3-1-2-4-13-7(12)10-5-6(9)11/h1-5H2,(H2,9,11)(H,10,12). The van der Waals surface area contributed by atoms with Gasteiger partial charge in [0.2, 0.25) is 5.91 Å². The molecule has 76 valence electrons. The SMILES string of the molecule is NC(=O)CNC(=O)OCCCCCl. The minimum absolute atomic E-state index is 0.200. The van der Waals surface area contributed by atoms with Crippen LogP contribution in [0.5, 0.6) is 0 Å². The summed E-state index contributed by atoms with van der Waals surface area (Å²) in [5.74, 6) is -0.0515. The molecule has 3 N–H and O–H groups in total. The first-order valence-corrected chi connectivity index (χ1v) is 4.45. The Hall–Kier alpha value is -0.970. The van der Waals surface area contributed by atoms with Gasteiger partial charge in [-0.1, -0.05) is 0 Å². The number of carbonyl (C=O) groups excluding carboxylic acids is 2. The molecule has 2 amide bonds. The lowest BCUT2D eigenvalue weighted by Crippen LogP contribution is -2.33. The molecule has 0 saturated carbocycles. The number of primary amides is 1. The van der Waals surface area contributed by atoms with Crippen LogP contribution in [0.4, 0.5) is 4.79 Å². The van der Waals surface area contributed by atoms with Crippen molar-refractivity contribution in [2.75, 3.05) is 19.0 Å². The van der Waals surface area contributed by atoms with Crippen molar-refractivity contribution >= 4 is 23.6 Å². The van der Waals surface area contributed by atoms with E-state index in [-0.39, 0.29) is 6.54 Å². The molecule has 0 aliphatic rings. The number of hydrogen-bond acceptors (Lipinski definition) is 3. The molecule has 13 heavy (non-hydrogen) atoms.